The van der Waals surface area contributed by atoms with E-state index in [0.717, 1.165) is 12.1 Å². The van der Waals surface area contributed by atoms with Crippen molar-refractivity contribution in [3.63, 3.8) is 0 Å². The number of H-pyrrole nitrogens is 1. The molecule has 7 N–H and O–H groups in total. The van der Waals surface area contributed by atoms with Crippen LogP contribution in [0, 0.1) is 4.77 Å². The third-order valence-corrected chi connectivity index (χ3v) is 3.91. The molecule has 0 saturated heterocycles. The molecule has 2 aromatic rings. The highest BCUT2D eigenvalue weighted by atomic mass is 35.5. The van der Waals surface area contributed by atoms with Crippen LogP contribution in [-0.2, 0) is 6.54 Å². The van der Waals surface area contributed by atoms with Gasteiger partial charge in [-0.25, -0.2) is 5.84 Å². The van der Waals surface area contributed by atoms with Gasteiger partial charge in [-0.3, -0.25) is 5.01 Å². The highest BCUT2D eigenvalue weighted by Crippen LogP contribution is 2.26. The van der Waals surface area contributed by atoms with Gasteiger partial charge < -0.3 is 21.4 Å². The van der Waals surface area contributed by atoms with E-state index in [-0.39, 0.29) is 0 Å². The van der Waals surface area contributed by atoms with Gasteiger partial charge in [0.2, 0.25) is 0 Å². The zero-order valence-corrected chi connectivity index (χ0v) is 15.9. The molecule has 1 heterocycles. The lowest BCUT2D eigenvalue weighted by atomic mass is 10.2. The van der Waals surface area contributed by atoms with Crippen molar-refractivity contribution in [2.45, 2.75) is 26.4 Å². The summed E-state index contributed by atoms with van der Waals surface area (Å²) in [5.41, 5.74) is 7.62. The molecule has 0 atom stereocenters. The SMILES string of the molecule is CC(C)NCCNc1[nH]c(=S)nc(N(N)Cc2ccc(Cl)cc2)c1N. The Kier molecular flexibility index (Phi) is 7.01. The molecule has 0 fully saturated rings. The number of nitrogen functional groups attached to an aromatic ring is 1. The Bertz CT molecular complexity index is 745. The lowest BCUT2D eigenvalue weighted by Crippen LogP contribution is -2.32. The minimum Gasteiger partial charge on any atom is -0.393 e. The van der Waals surface area contributed by atoms with Crippen LogP contribution in [0.5, 0.6) is 0 Å². The van der Waals surface area contributed by atoms with Crippen molar-refractivity contribution >= 4 is 41.1 Å². The molecule has 0 aliphatic heterocycles. The number of nitrogens with zero attached hydrogens (tertiary/aromatic N) is 2. The summed E-state index contributed by atoms with van der Waals surface area (Å²) in [6.45, 7) is 6.11. The molecule has 0 aliphatic carbocycles. The second kappa shape index (κ2) is 9.00. The number of nitrogens with two attached hydrogens (primary N) is 2. The molecule has 0 aliphatic rings. The van der Waals surface area contributed by atoms with Crippen molar-refractivity contribution in [3.8, 4) is 0 Å². The number of aromatic amines is 1. The van der Waals surface area contributed by atoms with E-state index in [2.05, 4.69) is 34.4 Å². The number of hydrogen-bond acceptors (Lipinski definition) is 7. The predicted octanol–water partition coefficient (Wildman–Crippen LogP) is 2.66. The van der Waals surface area contributed by atoms with Gasteiger partial charge in [0.15, 0.2) is 10.6 Å². The van der Waals surface area contributed by atoms with E-state index in [1.807, 2.05) is 24.3 Å². The van der Waals surface area contributed by atoms with Crippen molar-refractivity contribution in [1.29, 1.82) is 0 Å². The normalized spacial score (nSPS) is 10.9. The Morgan fingerprint density at radius 1 is 1.28 bits per heavy atom. The van der Waals surface area contributed by atoms with Crippen LogP contribution in [0.2, 0.25) is 5.02 Å². The van der Waals surface area contributed by atoms with Crippen LogP contribution in [0.25, 0.3) is 0 Å². The van der Waals surface area contributed by atoms with Gasteiger partial charge in [0.25, 0.3) is 0 Å². The van der Waals surface area contributed by atoms with Crippen LogP contribution >= 0.6 is 23.8 Å². The van der Waals surface area contributed by atoms with Crippen molar-refractivity contribution in [3.05, 3.63) is 39.6 Å². The summed E-state index contributed by atoms with van der Waals surface area (Å²) in [5.74, 6) is 7.20. The van der Waals surface area contributed by atoms with E-state index >= 15 is 0 Å². The van der Waals surface area contributed by atoms with Crippen molar-refractivity contribution < 1.29 is 0 Å². The van der Waals surface area contributed by atoms with Gasteiger partial charge in [-0.05, 0) is 29.9 Å². The fourth-order valence-electron chi connectivity index (χ4n) is 2.24. The molecular formula is C16H24ClN7S. The average molecular weight is 382 g/mol. The van der Waals surface area contributed by atoms with E-state index in [4.69, 9.17) is 35.4 Å². The topological polar surface area (TPSA) is 108 Å². The third kappa shape index (κ3) is 5.86. The van der Waals surface area contributed by atoms with Gasteiger partial charge in [0, 0.05) is 24.2 Å². The molecule has 1 aromatic heterocycles. The summed E-state index contributed by atoms with van der Waals surface area (Å²) in [7, 11) is 0. The van der Waals surface area contributed by atoms with Crippen LogP contribution in [0.4, 0.5) is 17.3 Å². The minimum absolute atomic E-state index is 0.315. The highest BCUT2D eigenvalue weighted by molar-refractivity contribution is 7.71. The van der Waals surface area contributed by atoms with E-state index in [9.17, 15) is 0 Å². The van der Waals surface area contributed by atoms with Gasteiger partial charge in [-0.2, -0.15) is 4.98 Å². The first kappa shape index (κ1) is 19.5. The Balaban J connectivity index is 2.11. The maximum atomic E-state index is 6.21. The molecule has 0 saturated carbocycles. The van der Waals surface area contributed by atoms with Crippen LogP contribution in [0.15, 0.2) is 24.3 Å². The first-order valence-corrected chi connectivity index (χ1v) is 8.79. The van der Waals surface area contributed by atoms with Gasteiger partial charge in [0.05, 0.1) is 6.54 Å². The zero-order valence-electron chi connectivity index (χ0n) is 14.3. The van der Waals surface area contributed by atoms with E-state index in [1.165, 1.54) is 5.01 Å². The Hall–Kier alpha value is -1.87. The van der Waals surface area contributed by atoms with Crippen LogP contribution in [-0.4, -0.2) is 29.1 Å². The van der Waals surface area contributed by atoms with E-state index < -0.39 is 0 Å². The quantitative estimate of drug-likeness (QED) is 0.207. The lowest BCUT2D eigenvalue weighted by molar-refractivity contribution is 0.602. The summed E-state index contributed by atoms with van der Waals surface area (Å²) in [5, 5.41) is 8.69. The van der Waals surface area contributed by atoms with E-state index in [1.54, 1.807) is 0 Å². The fraction of sp³-hybridized carbons (Fsp3) is 0.375. The molecular weight excluding hydrogens is 358 g/mol. The summed E-state index contributed by atoms with van der Waals surface area (Å²) in [4.78, 5) is 7.23. The first-order chi connectivity index (χ1) is 11.9. The molecule has 9 heteroatoms. The standard InChI is InChI=1S/C16H24ClN7S/c1-10(2)20-7-8-21-14-13(18)15(23-16(25)22-14)24(19)9-11-3-5-12(17)6-4-11/h3-6,10,20H,7-9,18-19H2,1-2H3,(H2,21,22,23,25). The number of hydrazine groups is 1. The number of benzene rings is 1. The maximum Gasteiger partial charge on any atom is 0.200 e. The monoisotopic (exact) mass is 381 g/mol. The molecule has 0 amide bonds. The number of nitrogens with one attached hydrogen (secondary N) is 3. The molecule has 136 valence electrons. The Morgan fingerprint density at radius 3 is 2.60 bits per heavy atom. The van der Waals surface area contributed by atoms with E-state index in [0.29, 0.717) is 46.2 Å². The lowest BCUT2D eigenvalue weighted by Gasteiger charge is -2.21. The molecule has 0 unspecified atom stereocenters. The first-order valence-electron chi connectivity index (χ1n) is 8.00. The molecule has 1 aromatic carbocycles. The van der Waals surface area contributed by atoms with Gasteiger partial charge in [0.1, 0.15) is 11.5 Å². The second-order valence-corrected chi connectivity index (χ2v) is 6.77. The molecule has 0 radical (unpaired) electrons. The smallest absolute Gasteiger partial charge is 0.200 e. The molecule has 2 rings (SSSR count). The van der Waals surface area contributed by atoms with Gasteiger partial charge >= 0.3 is 0 Å². The van der Waals surface area contributed by atoms with Crippen LogP contribution < -0.4 is 27.2 Å². The molecule has 0 bridgehead atoms. The third-order valence-electron chi connectivity index (χ3n) is 3.47. The molecule has 0 spiro atoms. The van der Waals surface area contributed by atoms with Crippen LogP contribution in [0.1, 0.15) is 19.4 Å². The maximum absolute atomic E-state index is 6.21. The minimum atomic E-state index is 0.315. The second-order valence-electron chi connectivity index (χ2n) is 5.94. The largest absolute Gasteiger partial charge is 0.393 e. The number of halogens is 1. The number of anilines is 3. The number of hydrogen-bond donors (Lipinski definition) is 5. The predicted molar refractivity (Wildman–Crippen MR) is 107 cm³/mol. The number of rotatable bonds is 8. The highest BCUT2D eigenvalue weighted by Gasteiger charge is 2.13. The molecule has 7 nitrogen and oxygen atoms in total. The zero-order chi connectivity index (χ0) is 18.4. The Labute approximate surface area is 157 Å². The Morgan fingerprint density at radius 2 is 1.96 bits per heavy atom. The molecule has 25 heavy (non-hydrogen) atoms. The summed E-state index contributed by atoms with van der Waals surface area (Å²) >= 11 is 11.1. The average Bonchev–Trinajstić information content (AvgIpc) is 2.56. The van der Waals surface area contributed by atoms with Crippen molar-refractivity contribution in [2.75, 3.05) is 29.1 Å². The van der Waals surface area contributed by atoms with Gasteiger partial charge in [-0.1, -0.05) is 37.6 Å². The summed E-state index contributed by atoms with van der Waals surface area (Å²) in [6.07, 6.45) is 0. The van der Waals surface area contributed by atoms with Crippen molar-refractivity contribution in [2.24, 2.45) is 5.84 Å². The number of aromatic nitrogens is 2. The fourth-order valence-corrected chi connectivity index (χ4v) is 2.55. The summed E-state index contributed by atoms with van der Waals surface area (Å²) < 4.78 is 0.315. The van der Waals surface area contributed by atoms with Crippen molar-refractivity contribution in [1.82, 2.24) is 15.3 Å². The van der Waals surface area contributed by atoms with Gasteiger partial charge in [-0.15, -0.1) is 0 Å². The van der Waals surface area contributed by atoms with Crippen LogP contribution in [0.3, 0.4) is 0 Å². The summed E-state index contributed by atoms with van der Waals surface area (Å²) in [6, 6.07) is 7.85.